The van der Waals surface area contributed by atoms with E-state index in [0.29, 0.717) is 0 Å². The third-order valence-corrected chi connectivity index (χ3v) is 5.46. The molecule has 1 amide bonds. The summed E-state index contributed by atoms with van der Waals surface area (Å²) in [4.78, 5) is 93.1. The third kappa shape index (κ3) is 12.5. The number of hydrogen-bond acceptors (Lipinski definition) is 14. The molecule has 0 spiro atoms. The number of nitrogens with one attached hydrogen (secondary N) is 1. The summed E-state index contributed by atoms with van der Waals surface area (Å²) in [6.07, 6.45) is -5.56. The van der Waals surface area contributed by atoms with Crippen LogP contribution in [0.2, 0.25) is 0 Å². The fourth-order valence-electron chi connectivity index (χ4n) is 3.17. The highest BCUT2D eigenvalue weighted by molar-refractivity contribution is 5.91. The summed E-state index contributed by atoms with van der Waals surface area (Å²) in [6.45, 7) is 1.31. The number of carboxylic acids is 2. The Labute approximate surface area is 237 Å². The maximum atomic E-state index is 12.6. The molecule has 1 rings (SSSR count). The first-order valence-electron chi connectivity index (χ1n) is 12.3. The van der Waals surface area contributed by atoms with Crippen LogP contribution in [-0.4, -0.2) is 75.2 Å². The molecular weight excluding hydrogens is 568 g/mol. The highest BCUT2D eigenvalue weighted by Gasteiger charge is 2.29. The van der Waals surface area contributed by atoms with E-state index in [1.807, 2.05) is 0 Å². The Morgan fingerprint density at radius 1 is 0.857 bits per heavy atom. The second-order valence-electron chi connectivity index (χ2n) is 8.71. The fraction of sp³-hybridized carbons (Fsp3) is 0.458. The molecule has 0 aromatic heterocycles. The number of nitro benzene ring substituents is 1. The second kappa shape index (κ2) is 17.0. The van der Waals surface area contributed by atoms with Crippen LogP contribution in [0.1, 0.15) is 57.1 Å². The summed E-state index contributed by atoms with van der Waals surface area (Å²) in [5.41, 5.74) is 10.2. The van der Waals surface area contributed by atoms with Crippen LogP contribution in [-0.2, 0) is 43.0 Å². The molecule has 1 unspecified atom stereocenters. The third-order valence-electron chi connectivity index (χ3n) is 5.46. The van der Waals surface area contributed by atoms with Gasteiger partial charge in [-0.25, -0.2) is 9.59 Å². The Bertz CT molecular complexity index is 1200. The number of para-hydroxylation sites is 1. The predicted octanol–water partition coefficient (Wildman–Crippen LogP) is 0.0546. The number of carbonyl (C=O) groups is 7. The van der Waals surface area contributed by atoms with Gasteiger partial charge in [-0.1, -0.05) is 12.1 Å². The highest BCUT2D eigenvalue weighted by Crippen LogP contribution is 2.27. The van der Waals surface area contributed by atoms with Gasteiger partial charge in [0.25, 0.3) is 5.69 Å². The lowest BCUT2D eigenvalue weighted by molar-refractivity contribution is -0.386. The number of alkyl carbamates (subject to hydrolysis) is 1. The van der Waals surface area contributed by atoms with Gasteiger partial charge in [-0.05, 0) is 32.3 Å². The predicted molar refractivity (Wildman–Crippen MR) is 136 cm³/mol. The lowest BCUT2D eigenvalue weighted by Gasteiger charge is -2.19. The number of carboxylic acid groups (broad SMARTS) is 2. The zero-order valence-corrected chi connectivity index (χ0v) is 22.3. The zero-order chi connectivity index (χ0) is 32.0. The molecule has 0 saturated carbocycles. The normalized spacial score (nSPS) is 13.4. The van der Waals surface area contributed by atoms with Crippen molar-refractivity contribution in [2.45, 2.75) is 69.7 Å². The average molecular weight is 599 g/mol. The van der Waals surface area contributed by atoms with Gasteiger partial charge < -0.3 is 41.2 Å². The number of rotatable bonds is 16. The lowest BCUT2D eigenvalue weighted by atomic mass is 10.1. The average Bonchev–Trinajstić information content (AvgIpc) is 2.92. The Hall–Kier alpha value is -4.97. The minimum absolute atomic E-state index is 0.0198. The Kier molecular flexibility index (Phi) is 14.2. The van der Waals surface area contributed by atoms with Crippen molar-refractivity contribution >= 4 is 47.6 Å². The lowest BCUT2D eigenvalue weighted by Crippen LogP contribution is -2.43. The minimum Gasteiger partial charge on any atom is -0.480 e. The van der Waals surface area contributed by atoms with Crippen molar-refractivity contribution < 1.29 is 62.9 Å². The van der Waals surface area contributed by atoms with Crippen molar-refractivity contribution in [1.29, 1.82) is 0 Å². The first kappa shape index (κ1) is 35.1. The van der Waals surface area contributed by atoms with Gasteiger partial charge >= 0.3 is 41.9 Å². The number of nitrogens with two attached hydrogens (primary N) is 2. The van der Waals surface area contributed by atoms with Gasteiger partial charge in [0.1, 0.15) is 24.2 Å². The second-order valence-corrected chi connectivity index (χ2v) is 8.71. The molecule has 1 aromatic carbocycles. The quantitative estimate of drug-likeness (QED) is 0.0552. The Balaban J connectivity index is 2.90. The molecule has 1 aromatic rings. The largest absolute Gasteiger partial charge is 0.480 e. The molecule has 0 heterocycles. The van der Waals surface area contributed by atoms with Crippen LogP contribution in [0.3, 0.4) is 0 Å². The van der Waals surface area contributed by atoms with Crippen LogP contribution in [0.5, 0.6) is 0 Å². The fourth-order valence-corrected chi connectivity index (χ4v) is 3.17. The molecule has 0 aliphatic heterocycles. The van der Waals surface area contributed by atoms with E-state index in [0.717, 1.165) is 0 Å². The number of amides is 1. The first-order chi connectivity index (χ1) is 19.6. The maximum absolute atomic E-state index is 12.6. The number of carbonyl (C=O) groups excluding carboxylic acids is 5. The molecule has 18 nitrogen and oxygen atoms in total. The Morgan fingerprint density at radius 3 is 1.83 bits per heavy atom. The van der Waals surface area contributed by atoms with Gasteiger partial charge in [0.05, 0.1) is 10.5 Å². The molecule has 7 N–H and O–H groups in total. The number of nitro groups is 1. The number of aliphatic carboxylic acids is 2. The molecule has 0 fully saturated rings. The van der Waals surface area contributed by atoms with Crippen molar-refractivity contribution in [1.82, 2.24) is 5.32 Å². The highest BCUT2D eigenvalue weighted by atomic mass is 16.6. The van der Waals surface area contributed by atoms with Crippen LogP contribution in [0.25, 0.3) is 0 Å². The van der Waals surface area contributed by atoms with Crippen molar-refractivity contribution in [3.63, 3.8) is 0 Å². The smallest absolute Gasteiger partial charge is 0.408 e. The van der Waals surface area contributed by atoms with E-state index in [-0.39, 0.29) is 24.1 Å². The van der Waals surface area contributed by atoms with Gasteiger partial charge in [-0.15, -0.1) is 0 Å². The molecule has 18 heteroatoms. The van der Waals surface area contributed by atoms with E-state index in [2.05, 4.69) is 14.8 Å². The molecular formula is C24H30N4O14. The van der Waals surface area contributed by atoms with E-state index in [1.165, 1.54) is 31.2 Å². The summed E-state index contributed by atoms with van der Waals surface area (Å²) in [5.74, 6) is -7.63. The minimum atomic E-state index is -1.74. The Morgan fingerprint density at radius 2 is 1.33 bits per heavy atom. The van der Waals surface area contributed by atoms with Gasteiger partial charge in [0.2, 0.25) is 0 Å². The summed E-state index contributed by atoms with van der Waals surface area (Å²) < 4.78 is 14.2. The molecule has 0 bridgehead atoms. The van der Waals surface area contributed by atoms with Crippen LogP contribution < -0.4 is 16.8 Å². The number of esters is 4. The number of benzene rings is 1. The molecule has 42 heavy (non-hydrogen) atoms. The summed E-state index contributed by atoms with van der Waals surface area (Å²) >= 11 is 0. The zero-order valence-electron chi connectivity index (χ0n) is 22.3. The standard InChI is InChI=1S/C24H30N4O14/c1-12(13-4-2-3-5-17(13)28(38)39)40-24(37)27-16(23(36)42-20(31)10-7-15(26)22(34)35)8-11-19(30)41-18(29)9-6-14(25)21(32)33/h2-5,12,14-16H,6-11,25-26H2,1H3,(H,27,37)(H,32,33)(H,34,35)/t12?,14-,15-,16-/m0/s1. The van der Waals surface area contributed by atoms with Crippen molar-refractivity contribution in [3.8, 4) is 0 Å². The van der Waals surface area contributed by atoms with Crippen molar-refractivity contribution in [2.24, 2.45) is 11.5 Å². The summed E-state index contributed by atoms with van der Waals surface area (Å²) in [7, 11) is 0. The van der Waals surface area contributed by atoms with Crippen LogP contribution in [0.4, 0.5) is 10.5 Å². The van der Waals surface area contributed by atoms with Crippen LogP contribution >= 0.6 is 0 Å². The van der Waals surface area contributed by atoms with Gasteiger partial charge in [-0.3, -0.25) is 34.1 Å². The molecule has 0 radical (unpaired) electrons. The number of hydrogen-bond donors (Lipinski definition) is 5. The molecule has 0 aliphatic carbocycles. The first-order valence-corrected chi connectivity index (χ1v) is 12.3. The monoisotopic (exact) mass is 598 g/mol. The number of ether oxygens (including phenoxy) is 3. The van der Waals surface area contributed by atoms with Gasteiger partial charge in [0.15, 0.2) is 0 Å². The summed E-state index contributed by atoms with van der Waals surface area (Å²) in [5, 5.41) is 30.8. The molecule has 4 atom stereocenters. The van der Waals surface area contributed by atoms with Crippen molar-refractivity contribution in [3.05, 3.63) is 39.9 Å². The van der Waals surface area contributed by atoms with Crippen molar-refractivity contribution in [2.75, 3.05) is 0 Å². The number of nitrogens with zero attached hydrogens (tertiary/aromatic N) is 1. The van der Waals surface area contributed by atoms with Gasteiger partial charge in [0, 0.05) is 25.3 Å². The summed E-state index contributed by atoms with van der Waals surface area (Å²) in [6, 6.07) is 0.836. The molecule has 230 valence electrons. The van der Waals surface area contributed by atoms with Crippen LogP contribution in [0, 0.1) is 10.1 Å². The van der Waals surface area contributed by atoms with E-state index < -0.39 is 96.7 Å². The van der Waals surface area contributed by atoms with Gasteiger partial charge in [-0.2, -0.15) is 0 Å². The SMILES string of the molecule is CC(OC(=O)N[C@@H](CCC(=O)OC(=O)CC[C@H](N)C(=O)O)C(=O)OC(=O)CC[C@H](N)C(=O)O)c1ccccc1[N+](=O)[O-]. The van der Waals surface area contributed by atoms with E-state index in [9.17, 15) is 43.7 Å². The molecule has 0 saturated heterocycles. The topological polar surface area (TPSA) is 295 Å². The van der Waals surface area contributed by atoms with Crippen LogP contribution in [0.15, 0.2) is 24.3 Å². The van der Waals surface area contributed by atoms with E-state index >= 15 is 0 Å². The molecule has 0 aliphatic rings. The maximum Gasteiger partial charge on any atom is 0.408 e. The van der Waals surface area contributed by atoms with E-state index in [1.54, 1.807) is 0 Å². The van der Waals surface area contributed by atoms with E-state index in [4.69, 9.17) is 26.4 Å².